The molecule has 3 nitrogen and oxygen atoms in total. The minimum atomic E-state index is -0.742. The Bertz CT molecular complexity index is 1480. The molecule has 0 aliphatic carbocycles. The number of hydrogen-bond acceptors (Lipinski definition) is 3. The minimum Gasteiger partial charge on any atom is -0.475 e. The van der Waals surface area contributed by atoms with Crippen LogP contribution in [0.3, 0.4) is 0 Å². The topological polar surface area (TPSA) is 33.6 Å². The van der Waals surface area contributed by atoms with E-state index in [-0.39, 0.29) is 6.04 Å². The molecule has 0 amide bonds. The zero-order valence-corrected chi connectivity index (χ0v) is 22.0. The molecule has 38 heavy (non-hydrogen) atoms. The number of para-hydroxylation sites is 2. The van der Waals surface area contributed by atoms with Crippen molar-refractivity contribution in [1.29, 1.82) is 0 Å². The number of benzene rings is 5. The van der Waals surface area contributed by atoms with Crippen molar-refractivity contribution in [2.75, 3.05) is 11.9 Å². The molecule has 1 aliphatic heterocycles. The summed E-state index contributed by atoms with van der Waals surface area (Å²) in [4.78, 5) is 4.97. The molecule has 0 bridgehead atoms. The van der Waals surface area contributed by atoms with Crippen LogP contribution in [-0.4, -0.2) is 18.5 Å². The van der Waals surface area contributed by atoms with Gasteiger partial charge in [0, 0.05) is 11.0 Å². The molecule has 1 unspecified atom stereocenters. The first-order valence-electron chi connectivity index (χ1n) is 13.0. The van der Waals surface area contributed by atoms with Crippen LogP contribution in [0.2, 0.25) is 0 Å². The molecule has 0 fully saturated rings. The number of nitrogens with one attached hydrogen (secondary N) is 1. The Morgan fingerprint density at radius 3 is 1.87 bits per heavy atom. The lowest BCUT2D eigenvalue weighted by molar-refractivity contribution is 0.317. The predicted octanol–water partition coefficient (Wildman–Crippen LogP) is 6.58. The molecule has 1 aliphatic rings. The van der Waals surface area contributed by atoms with Gasteiger partial charge in [-0.05, 0) is 48.7 Å². The van der Waals surface area contributed by atoms with Crippen molar-refractivity contribution in [2.24, 2.45) is 4.99 Å². The quantitative estimate of drug-likeness (QED) is 0.239. The third kappa shape index (κ3) is 5.39. The van der Waals surface area contributed by atoms with E-state index in [1.54, 1.807) is 0 Å². The van der Waals surface area contributed by atoms with Crippen molar-refractivity contribution < 1.29 is 4.74 Å². The maximum absolute atomic E-state index is 6.13. The lowest BCUT2D eigenvalue weighted by Crippen LogP contribution is -2.22. The van der Waals surface area contributed by atoms with E-state index in [0.29, 0.717) is 12.5 Å². The van der Waals surface area contributed by atoms with Gasteiger partial charge in [-0.15, -0.1) is 0 Å². The molecular weight excluding hydrogens is 483 g/mol. The zero-order chi connectivity index (χ0) is 25.6. The Morgan fingerprint density at radius 1 is 0.632 bits per heavy atom. The van der Waals surface area contributed by atoms with Gasteiger partial charge in [-0.3, -0.25) is 0 Å². The zero-order valence-electron chi connectivity index (χ0n) is 21.1. The van der Waals surface area contributed by atoms with Gasteiger partial charge in [0.15, 0.2) is 0 Å². The van der Waals surface area contributed by atoms with Crippen LogP contribution in [0.4, 0.5) is 11.4 Å². The third-order valence-electron chi connectivity index (χ3n) is 6.63. The summed E-state index contributed by atoms with van der Waals surface area (Å²) >= 11 is 0. The molecular formula is C34H29N2OP. The number of rotatable bonds is 8. The van der Waals surface area contributed by atoms with Crippen LogP contribution in [0, 0.1) is 0 Å². The molecule has 1 N–H and O–H groups in total. The van der Waals surface area contributed by atoms with Crippen LogP contribution in [0.15, 0.2) is 145 Å². The Balaban J connectivity index is 1.33. The highest BCUT2D eigenvalue weighted by atomic mass is 31.1. The molecule has 4 heteroatoms. The molecule has 5 aromatic carbocycles. The highest BCUT2D eigenvalue weighted by Crippen LogP contribution is 2.37. The van der Waals surface area contributed by atoms with Crippen molar-refractivity contribution in [2.45, 2.75) is 12.5 Å². The molecule has 0 radical (unpaired) electrons. The number of hydrogen-bond donors (Lipinski definition) is 1. The van der Waals surface area contributed by atoms with E-state index < -0.39 is 7.92 Å². The van der Waals surface area contributed by atoms with E-state index in [4.69, 9.17) is 9.73 Å². The fourth-order valence-corrected chi connectivity index (χ4v) is 7.23. The molecule has 1 heterocycles. The highest BCUT2D eigenvalue weighted by Gasteiger charge is 2.24. The summed E-state index contributed by atoms with van der Waals surface area (Å²) in [6, 6.07) is 49.2. The maximum atomic E-state index is 6.13. The average molecular weight is 513 g/mol. The minimum absolute atomic E-state index is 0.122. The van der Waals surface area contributed by atoms with Crippen LogP contribution in [0.25, 0.3) is 0 Å². The van der Waals surface area contributed by atoms with Gasteiger partial charge >= 0.3 is 0 Å². The van der Waals surface area contributed by atoms with Crippen LogP contribution < -0.4 is 21.2 Å². The molecule has 0 spiro atoms. The van der Waals surface area contributed by atoms with Gasteiger partial charge in [0.2, 0.25) is 5.90 Å². The highest BCUT2D eigenvalue weighted by molar-refractivity contribution is 7.80. The van der Waals surface area contributed by atoms with E-state index >= 15 is 0 Å². The molecule has 6 rings (SSSR count). The van der Waals surface area contributed by atoms with Gasteiger partial charge in [0.25, 0.3) is 0 Å². The Labute approximate surface area is 225 Å². The molecule has 0 aromatic heterocycles. The first-order valence-corrected chi connectivity index (χ1v) is 14.3. The second kappa shape index (κ2) is 11.5. The van der Waals surface area contributed by atoms with Crippen LogP contribution >= 0.6 is 7.92 Å². The summed E-state index contributed by atoms with van der Waals surface area (Å²) in [6.45, 7) is 0.600. The molecule has 0 saturated carbocycles. The van der Waals surface area contributed by atoms with Gasteiger partial charge in [-0.1, -0.05) is 121 Å². The second-order valence-electron chi connectivity index (χ2n) is 9.28. The van der Waals surface area contributed by atoms with Crippen molar-refractivity contribution >= 4 is 41.1 Å². The average Bonchev–Trinajstić information content (AvgIpc) is 3.44. The summed E-state index contributed by atoms with van der Waals surface area (Å²) in [5, 5.41) is 7.69. The van der Waals surface area contributed by atoms with Gasteiger partial charge in [-0.2, -0.15) is 0 Å². The van der Waals surface area contributed by atoms with E-state index in [2.05, 4.69) is 133 Å². The Kier molecular flexibility index (Phi) is 7.28. The van der Waals surface area contributed by atoms with Crippen molar-refractivity contribution in [3.63, 3.8) is 0 Å². The third-order valence-corrected chi connectivity index (χ3v) is 9.13. The lowest BCUT2D eigenvalue weighted by Gasteiger charge is -2.23. The molecule has 0 saturated heterocycles. The second-order valence-corrected chi connectivity index (χ2v) is 11.5. The van der Waals surface area contributed by atoms with Gasteiger partial charge in [0.05, 0.1) is 17.3 Å². The summed E-state index contributed by atoms with van der Waals surface area (Å²) in [7, 11) is -0.742. The number of nitrogens with zero attached hydrogens (tertiary/aromatic N) is 1. The molecule has 1 atom stereocenters. The SMILES string of the molecule is c1ccc(CC2COC(c3ccccc3Nc3ccccc3P(c3ccccc3)c3ccccc3)=N2)cc1. The normalized spacial score (nSPS) is 14.7. The van der Waals surface area contributed by atoms with E-state index in [1.165, 1.54) is 21.5 Å². The number of ether oxygens (including phenoxy) is 1. The fourth-order valence-electron chi connectivity index (χ4n) is 4.83. The van der Waals surface area contributed by atoms with E-state index in [0.717, 1.165) is 23.4 Å². The monoisotopic (exact) mass is 512 g/mol. The van der Waals surface area contributed by atoms with Crippen molar-refractivity contribution in [3.05, 3.63) is 151 Å². The molecule has 186 valence electrons. The first-order chi connectivity index (χ1) is 18.8. The molecule has 5 aromatic rings. The van der Waals surface area contributed by atoms with Crippen LogP contribution in [0.5, 0.6) is 0 Å². The summed E-state index contributed by atoms with van der Waals surface area (Å²) in [6.07, 6.45) is 0.876. The largest absolute Gasteiger partial charge is 0.475 e. The van der Waals surface area contributed by atoms with Gasteiger partial charge in [-0.25, -0.2) is 4.99 Å². The van der Waals surface area contributed by atoms with Crippen LogP contribution in [-0.2, 0) is 11.2 Å². The van der Waals surface area contributed by atoms with Gasteiger partial charge < -0.3 is 10.1 Å². The summed E-state index contributed by atoms with van der Waals surface area (Å²) < 4.78 is 6.13. The Hall–Kier alpha value is -4.20. The summed E-state index contributed by atoms with van der Waals surface area (Å²) in [5.41, 5.74) is 4.36. The first kappa shape index (κ1) is 24.2. The maximum Gasteiger partial charge on any atom is 0.218 e. The summed E-state index contributed by atoms with van der Waals surface area (Å²) in [5.74, 6) is 0.708. The number of anilines is 2. The van der Waals surface area contributed by atoms with E-state index in [1.807, 2.05) is 12.1 Å². The lowest BCUT2D eigenvalue weighted by atomic mass is 10.1. The van der Waals surface area contributed by atoms with Gasteiger partial charge in [0.1, 0.15) is 6.61 Å². The fraction of sp³-hybridized carbons (Fsp3) is 0.0882. The van der Waals surface area contributed by atoms with Crippen molar-refractivity contribution in [1.82, 2.24) is 0 Å². The smallest absolute Gasteiger partial charge is 0.218 e. The Morgan fingerprint density at radius 2 is 1.18 bits per heavy atom. The van der Waals surface area contributed by atoms with Crippen LogP contribution in [0.1, 0.15) is 11.1 Å². The van der Waals surface area contributed by atoms with Crippen molar-refractivity contribution in [3.8, 4) is 0 Å². The number of aliphatic imine (C=N–C) groups is 1. The standard InChI is InChI=1S/C34H29N2OP/c1-4-14-26(15-5-1)24-27-25-37-34(35-27)30-20-10-11-21-31(30)36-32-22-12-13-23-33(32)38(28-16-6-2-7-17-28)29-18-8-3-9-19-29/h1-23,27,36H,24-25H2. The van der Waals surface area contributed by atoms with E-state index in [9.17, 15) is 0 Å². The predicted molar refractivity (Wildman–Crippen MR) is 161 cm³/mol.